The first kappa shape index (κ1) is 8.96. The Bertz CT molecular complexity index is 441. The van der Waals surface area contributed by atoms with Crippen molar-refractivity contribution in [3.05, 3.63) is 29.5 Å². The smallest absolute Gasteiger partial charge is 0.187 e. The lowest BCUT2D eigenvalue weighted by molar-refractivity contribution is 0.473. The molecule has 2 heterocycles. The number of pyridine rings is 1. The summed E-state index contributed by atoms with van der Waals surface area (Å²) >= 11 is 1.52. The fourth-order valence-corrected chi connectivity index (χ4v) is 1.74. The van der Waals surface area contributed by atoms with Crippen molar-refractivity contribution in [1.29, 1.82) is 0 Å². The van der Waals surface area contributed by atoms with Crippen molar-refractivity contribution in [2.75, 3.05) is 5.32 Å². The first-order chi connectivity index (χ1) is 6.74. The van der Waals surface area contributed by atoms with E-state index in [2.05, 4.69) is 15.3 Å². The second-order valence-corrected chi connectivity index (χ2v) is 3.71. The van der Waals surface area contributed by atoms with Crippen molar-refractivity contribution >= 4 is 22.2 Å². The van der Waals surface area contributed by atoms with Crippen molar-refractivity contribution < 1.29 is 5.11 Å². The standard InChI is InChI=1S/C9H9N3OS/c1-6-5-14-9(11-6)12-7-2-8(13)4-10-3-7/h2-5,13H,1H3,(H,11,12). The van der Waals surface area contributed by atoms with Gasteiger partial charge in [-0.25, -0.2) is 4.98 Å². The van der Waals surface area contributed by atoms with Gasteiger partial charge in [0.1, 0.15) is 5.75 Å². The molecule has 4 nitrogen and oxygen atoms in total. The van der Waals surface area contributed by atoms with Crippen molar-refractivity contribution in [2.45, 2.75) is 6.92 Å². The highest BCUT2D eigenvalue weighted by atomic mass is 32.1. The van der Waals surface area contributed by atoms with Gasteiger partial charge in [0.05, 0.1) is 23.8 Å². The van der Waals surface area contributed by atoms with Crippen LogP contribution in [0.25, 0.3) is 0 Å². The summed E-state index contributed by atoms with van der Waals surface area (Å²) in [6.07, 6.45) is 3.02. The molecule has 2 N–H and O–H groups in total. The van der Waals surface area contributed by atoms with E-state index in [1.807, 2.05) is 12.3 Å². The number of aryl methyl sites for hydroxylation is 1. The zero-order chi connectivity index (χ0) is 9.97. The number of aromatic nitrogens is 2. The molecule has 0 spiro atoms. The largest absolute Gasteiger partial charge is 0.506 e. The highest BCUT2D eigenvalue weighted by molar-refractivity contribution is 7.13. The molecule has 0 aliphatic heterocycles. The van der Waals surface area contributed by atoms with Gasteiger partial charge in [-0.1, -0.05) is 0 Å². The third-order valence-electron chi connectivity index (χ3n) is 1.59. The number of rotatable bonds is 2. The van der Waals surface area contributed by atoms with Gasteiger partial charge in [-0.05, 0) is 6.92 Å². The van der Waals surface area contributed by atoms with Gasteiger partial charge in [0.15, 0.2) is 5.13 Å². The lowest BCUT2D eigenvalue weighted by Crippen LogP contribution is -1.89. The molecule has 0 saturated carbocycles. The fourth-order valence-electron chi connectivity index (χ4n) is 1.03. The Morgan fingerprint density at radius 3 is 2.93 bits per heavy atom. The second-order valence-electron chi connectivity index (χ2n) is 2.85. The van der Waals surface area contributed by atoms with E-state index in [0.717, 1.165) is 16.5 Å². The molecular formula is C9H9N3OS. The lowest BCUT2D eigenvalue weighted by Gasteiger charge is -2.01. The van der Waals surface area contributed by atoms with Crippen LogP contribution in [0, 0.1) is 6.92 Å². The number of thiazole rings is 1. The minimum atomic E-state index is 0.142. The normalized spacial score (nSPS) is 10.1. The molecule has 0 bridgehead atoms. The first-order valence-electron chi connectivity index (χ1n) is 4.07. The van der Waals surface area contributed by atoms with Gasteiger partial charge < -0.3 is 10.4 Å². The average molecular weight is 207 g/mol. The molecule has 5 heteroatoms. The molecule has 2 aromatic heterocycles. The Kier molecular flexibility index (Phi) is 2.32. The summed E-state index contributed by atoms with van der Waals surface area (Å²) in [7, 11) is 0. The van der Waals surface area contributed by atoms with Gasteiger partial charge in [-0.2, -0.15) is 0 Å². The molecule has 0 radical (unpaired) electrons. The van der Waals surface area contributed by atoms with Crippen LogP contribution in [-0.2, 0) is 0 Å². The lowest BCUT2D eigenvalue weighted by atomic mass is 10.4. The molecule has 0 saturated heterocycles. The molecule has 0 amide bonds. The Hall–Kier alpha value is -1.62. The van der Waals surface area contributed by atoms with Gasteiger partial charge in [-0.15, -0.1) is 11.3 Å². The number of anilines is 2. The van der Waals surface area contributed by atoms with Crippen LogP contribution in [0.15, 0.2) is 23.8 Å². The molecule has 0 fully saturated rings. The molecule has 2 aromatic rings. The molecule has 0 aromatic carbocycles. The predicted octanol–water partition coefficient (Wildman–Crippen LogP) is 2.30. The van der Waals surface area contributed by atoms with Gasteiger partial charge >= 0.3 is 0 Å². The Labute approximate surface area is 85.3 Å². The van der Waals surface area contributed by atoms with Crippen molar-refractivity contribution in [3.63, 3.8) is 0 Å². The van der Waals surface area contributed by atoms with Crippen LogP contribution in [0.2, 0.25) is 0 Å². The van der Waals surface area contributed by atoms with Gasteiger partial charge in [0, 0.05) is 11.4 Å². The SMILES string of the molecule is Cc1csc(Nc2cncc(O)c2)n1. The first-order valence-corrected chi connectivity index (χ1v) is 4.95. The van der Waals surface area contributed by atoms with E-state index >= 15 is 0 Å². The minimum Gasteiger partial charge on any atom is -0.506 e. The van der Waals surface area contributed by atoms with Crippen LogP contribution in [0.3, 0.4) is 0 Å². The summed E-state index contributed by atoms with van der Waals surface area (Å²) in [6.45, 7) is 1.93. The van der Waals surface area contributed by atoms with Gasteiger partial charge in [0.2, 0.25) is 0 Å². The summed E-state index contributed by atoms with van der Waals surface area (Å²) in [4.78, 5) is 8.09. The maximum atomic E-state index is 9.18. The number of hydrogen-bond donors (Lipinski definition) is 2. The van der Waals surface area contributed by atoms with Crippen LogP contribution in [-0.4, -0.2) is 15.1 Å². The zero-order valence-electron chi connectivity index (χ0n) is 7.56. The maximum Gasteiger partial charge on any atom is 0.187 e. The molecule has 14 heavy (non-hydrogen) atoms. The molecule has 0 atom stereocenters. The number of aromatic hydroxyl groups is 1. The molecule has 0 aliphatic rings. The van der Waals surface area contributed by atoms with Crippen LogP contribution in [0.4, 0.5) is 10.8 Å². The van der Waals surface area contributed by atoms with E-state index in [1.54, 1.807) is 12.3 Å². The van der Waals surface area contributed by atoms with Crippen LogP contribution in [0.1, 0.15) is 5.69 Å². The summed E-state index contributed by atoms with van der Waals surface area (Å²) in [6, 6.07) is 1.60. The Morgan fingerprint density at radius 1 is 1.43 bits per heavy atom. The topological polar surface area (TPSA) is 58.0 Å². The monoisotopic (exact) mass is 207 g/mol. The average Bonchev–Trinajstić information content (AvgIpc) is 2.51. The molecule has 0 aliphatic carbocycles. The van der Waals surface area contributed by atoms with E-state index in [1.165, 1.54) is 17.5 Å². The zero-order valence-corrected chi connectivity index (χ0v) is 8.38. The van der Waals surface area contributed by atoms with Crippen LogP contribution >= 0.6 is 11.3 Å². The van der Waals surface area contributed by atoms with Crippen LogP contribution in [0.5, 0.6) is 5.75 Å². The quantitative estimate of drug-likeness (QED) is 0.793. The number of hydrogen-bond acceptors (Lipinski definition) is 5. The number of nitrogens with one attached hydrogen (secondary N) is 1. The fraction of sp³-hybridized carbons (Fsp3) is 0.111. The Balaban J connectivity index is 2.18. The highest BCUT2D eigenvalue weighted by Crippen LogP contribution is 2.21. The molecule has 72 valence electrons. The minimum absolute atomic E-state index is 0.142. The van der Waals surface area contributed by atoms with Gasteiger partial charge in [-0.3, -0.25) is 4.98 Å². The molecule has 0 unspecified atom stereocenters. The second kappa shape index (κ2) is 3.63. The predicted molar refractivity (Wildman–Crippen MR) is 56.0 cm³/mol. The van der Waals surface area contributed by atoms with Crippen molar-refractivity contribution in [2.24, 2.45) is 0 Å². The van der Waals surface area contributed by atoms with E-state index in [-0.39, 0.29) is 5.75 Å². The van der Waals surface area contributed by atoms with E-state index in [0.29, 0.717) is 0 Å². The summed E-state index contributed by atoms with van der Waals surface area (Å²) in [5, 5.41) is 15.0. The third kappa shape index (κ3) is 2.00. The third-order valence-corrected chi connectivity index (χ3v) is 2.47. The number of nitrogens with zero attached hydrogens (tertiary/aromatic N) is 2. The van der Waals surface area contributed by atoms with E-state index in [9.17, 15) is 5.11 Å². The van der Waals surface area contributed by atoms with Crippen molar-refractivity contribution in [1.82, 2.24) is 9.97 Å². The van der Waals surface area contributed by atoms with E-state index in [4.69, 9.17) is 0 Å². The Morgan fingerprint density at radius 2 is 2.29 bits per heavy atom. The van der Waals surface area contributed by atoms with E-state index < -0.39 is 0 Å². The van der Waals surface area contributed by atoms with Crippen molar-refractivity contribution in [3.8, 4) is 5.75 Å². The highest BCUT2D eigenvalue weighted by Gasteiger charge is 1.99. The van der Waals surface area contributed by atoms with Crippen LogP contribution < -0.4 is 5.32 Å². The summed E-state index contributed by atoms with van der Waals surface area (Å²) in [5.74, 6) is 0.142. The maximum absolute atomic E-state index is 9.18. The molecular weight excluding hydrogens is 198 g/mol. The molecule has 2 rings (SSSR count). The van der Waals surface area contributed by atoms with Gasteiger partial charge in [0.25, 0.3) is 0 Å². The summed E-state index contributed by atoms with van der Waals surface area (Å²) in [5.41, 5.74) is 1.71. The summed E-state index contributed by atoms with van der Waals surface area (Å²) < 4.78 is 0.